The number of alkyl halides is 6. The molecular weight excluding hydrogens is 806 g/mol. The molecule has 4 aromatic carbocycles. The van der Waals surface area contributed by atoms with Gasteiger partial charge in [0.1, 0.15) is 0 Å². The number of halogens is 6. The second kappa shape index (κ2) is 18.0. The van der Waals surface area contributed by atoms with Gasteiger partial charge in [-0.1, -0.05) is 109 Å². The minimum absolute atomic E-state index is 0.0340. The molecule has 0 saturated heterocycles. The standard InChI is InChI=1S/C25H25.C10H15.2C7H4F3.CH2.Zr/c1-14-12-24(3,4)22-8-16-7-17-9-23-19(15(2)13-25(23,5)6)11-21(17)20(16)10-18(14)22;1-7(2)10-6-8(3)5-9(10)4;2*8-7(9,10)6-4-2-1-3-5-6;;/h8-12H,7H2,1-6H3;6-8H,1-4H3;2*1-2,4-5H;1H2;/q4*-1;;. The van der Waals surface area contributed by atoms with Crippen molar-refractivity contribution in [3.05, 3.63) is 165 Å². The van der Waals surface area contributed by atoms with Crippen LogP contribution in [0.2, 0.25) is 0 Å². The van der Waals surface area contributed by atoms with Crippen LogP contribution >= 0.6 is 0 Å². The van der Waals surface area contributed by atoms with Crippen molar-refractivity contribution in [3.8, 4) is 11.1 Å². The Morgan fingerprint density at radius 1 is 0.719 bits per heavy atom. The van der Waals surface area contributed by atoms with Gasteiger partial charge in [-0.15, -0.1) is 11.6 Å². The molecule has 8 rings (SSSR count). The molecule has 0 fully saturated rings. The predicted octanol–water partition coefficient (Wildman–Crippen LogP) is 14.4. The summed E-state index contributed by atoms with van der Waals surface area (Å²) in [4.78, 5) is 0. The van der Waals surface area contributed by atoms with Crippen LogP contribution in [0.4, 0.5) is 26.3 Å². The van der Waals surface area contributed by atoms with Crippen LogP contribution in [0.1, 0.15) is 114 Å². The maximum atomic E-state index is 11.8. The number of allylic oxidation sites excluding steroid dienone is 8. The molecule has 0 nitrogen and oxygen atoms in total. The second-order valence-electron chi connectivity index (χ2n) is 16.1. The molecule has 0 radical (unpaired) electrons. The van der Waals surface area contributed by atoms with Crippen molar-refractivity contribution in [2.75, 3.05) is 0 Å². The van der Waals surface area contributed by atoms with E-state index in [4.69, 9.17) is 0 Å². The summed E-state index contributed by atoms with van der Waals surface area (Å²) >= 11 is 1.30. The summed E-state index contributed by atoms with van der Waals surface area (Å²) < 4.78 is 73.9. The zero-order valence-corrected chi connectivity index (χ0v) is 36.9. The van der Waals surface area contributed by atoms with E-state index in [-0.39, 0.29) is 10.8 Å². The maximum absolute atomic E-state index is 11.8. The fraction of sp³-hybridized carbons (Fsp3) is 0.340. The first-order valence-corrected chi connectivity index (χ1v) is 20.6. The van der Waals surface area contributed by atoms with E-state index in [0.29, 0.717) is 11.8 Å². The number of benzene rings is 4. The van der Waals surface area contributed by atoms with Gasteiger partial charge in [0.25, 0.3) is 0 Å². The Hall–Kier alpha value is -3.83. The Morgan fingerprint density at radius 2 is 1.21 bits per heavy atom. The second-order valence-corrected chi connectivity index (χ2v) is 16.1. The van der Waals surface area contributed by atoms with Gasteiger partial charge in [0, 0.05) is 5.41 Å². The van der Waals surface area contributed by atoms with E-state index in [0.717, 1.165) is 30.7 Å². The van der Waals surface area contributed by atoms with Crippen LogP contribution in [-0.2, 0) is 53.8 Å². The predicted molar refractivity (Wildman–Crippen MR) is 219 cm³/mol. The third-order valence-corrected chi connectivity index (χ3v) is 10.4. The van der Waals surface area contributed by atoms with E-state index in [1.807, 2.05) is 0 Å². The van der Waals surface area contributed by atoms with Gasteiger partial charge < -0.3 is 0 Å². The van der Waals surface area contributed by atoms with Crippen molar-refractivity contribution in [3.63, 3.8) is 0 Å². The molecule has 0 saturated carbocycles. The Balaban J connectivity index is 0.000000188. The molecule has 0 N–H and O–H groups in total. The molecule has 1 atom stereocenters. The molecule has 1 unspecified atom stereocenters. The van der Waals surface area contributed by atoms with Crippen molar-refractivity contribution in [2.45, 2.75) is 98.8 Å². The van der Waals surface area contributed by atoms with Crippen LogP contribution in [0.15, 0.2) is 96.1 Å². The Bertz CT molecular complexity index is 2040. The zero-order valence-electron chi connectivity index (χ0n) is 34.4. The van der Waals surface area contributed by atoms with Crippen molar-refractivity contribution in [1.82, 2.24) is 0 Å². The number of hydrogen-bond acceptors (Lipinski definition) is 0. The summed E-state index contributed by atoms with van der Waals surface area (Å²) in [6.45, 7) is 22.5. The summed E-state index contributed by atoms with van der Waals surface area (Å²) in [6.07, 6.45) is 4.34. The summed E-state index contributed by atoms with van der Waals surface area (Å²) in [5.41, 5.74) is 16.1. The summed E-state index contributed by atoms with van der Waals surface area (Å²) in [6, 6.07) is 23.8. The molecule has 4 aliphatic rings. The summed E-state index contributed by atoms with van der Waals surface area (Å²) in [7, 11) is 0. The zero-order chi connectivity index (χ0) is 42.7. The van der Waals surface area contributed by atoms with Crippen LogP contribution in [0, 0.1) is 36.1 Å². The van der Waals surface area contributed by atoms with E-state index in [2.05, 4.69) is 134 Å². The molecule has 0 heterocycles. The van der Waals surface area contributed by atoms with Crippen LogP contribution < -0.4 is 0 Å². The molecule has 0 spiro atoms. The topological polar surface area (TPSA) is 0 Å². The Morgan fingerprint density at radius 3 is 1.60 bits per heavy atom. The fourth-order valence-electron chi connectivity index (χ4n) is 7.90. The Labute approximate surface area is 350 Å². The van der Waals surface area contributed by atoms with Crippen LogP contribution in [0.5, 0.6) is 0 Å². The third kappa shape index (κ3) is 10.8. The third-order valence-electron chi connectivity index (χ3n) is 10.4. The fourth-order valence-corrected chi connectivity index (χ4v) is 7.90. The van der Waals surface area contributed by atoms with E-state index >= 15 is 0 Å². The molecule has 4 aliphatic carbocycles. The first-order valence-electron chi connectivity index (χ1n) is 18.9. The summed E-state index contributed by atoms with van der Waals surface area (Å²) in [5.74, 6) is 1.20. The number of rotatable bonds is 1. The molecule has 300 valence electrons. The molecule has 57 heavy (non-hydrogen) atoms. The van der Waals surface area contributed by atoms with Gasteiger partial charge in [0.15, 0.2) is 0 Å². The van der Waals surface area contributed by atoms with E-state index in [9.17, 15) is 26.3 Å². The molecule has 0 aromatic heterocycles. The van der Waals surface area contributed by atoms with Crippen LogP contribution in [-0.4, -0.2) is 4.21 Å². The normalized spacial score (nSPS) is 17.5. The monoisotopic (exact) mass is 854 g/mol. The van der Waals surface area contributed by atoms with E-state index in [1.165, 1.54) is 115 Å². The average Bonchev–Trinajstić information content (AvgIpc) is 3.82. The van der Waals surface area contributed by atoms with Gasteiger partial charge in [0.05, 0.1) is 0 Å². The van der Waals surface area contributed by atoms with E-state index in [1.54, 1.807) is 0 Å². The molecule has 0 aliphatic heterocycles. The molecular formula is C50H50F6Zr-4. The first kappa shape index (κ1) is 45.9. The average molecular weight is 856 g/mol. The quantitative estimate of drug-likeness (QED) is 0.116. The van der Waals surface area contributed by atoms with Gasteiger partial charge in [-0.25, -0.2) is 11.1 Å². The minimum atomic E-state index is -4.24. The van der Waals surface area contributed by atoms with E-state index < -0.39 is 23.5 Å². The van der Waals surface area contributed by atoms with Crippen LogP contribution in [0.3, 0.4) is 0 Å². The molecule has 0 amide bonds. The summed E-state index contributed by atoms with van der Waals surface area (Å²) in [5, 5.41) is 0. The van der Waals surface area contributed by atoms with Crippen molar-refractivity contribution >= 4 is 15.4 Å². The van der Waals surface area contributed by atoms with Gasteiger partial charge in [0.2, 0.25) is 0 Å². The van der Waals surface area contributed by atoms with Gasteiger partial charge >= 0.3 is 40.8 Å². The van der Waals surface area contributed by atoms with Gasteiger partial charge in [-0.05, 0) is 58.4 Å². The number of fused-ring (bicyclic) bond motifs is 5. The molecule has 7 heteroatoms. The number of hydrogen-bond donors (Lipinski definition) is 0. The SMILES string of the molecule is CC1=[C-]C(C)(C)c2cc3c(cc21)-c1cc2c(cc1C3)C(C)(C)C=C2C.CC1=[C-]C(C)C=C1C(C)C.FC(F)(F)c1c[c-]ccc1.FC(F)(F)c1c[c-]ccc1.[CH2]=[Zr]. The van der Waals surface area contributed by atoms with Crippen molar-refractivity contribution in [2.24, 2.45) is 11.8 Å². The Kier molecular flexibility index (Phi) is 14.5. The van der Waals surface area contributed by atoms with Gasteiger partial charge in [-0.3, -0.25) is 12.2 Å². The van der Waals surface area contributed by atoms with Crippen molar-refractivity contribution in [1.29, 1.82) is 0 Å². The van der Waals surface area contributed by atoms with Crippen molar-refractivity contribution < 1.29 is 50.6 Å². The molecule has 4 aromatic rings. The van der Waals surface area contributed by atoms with Gasteiger partial charge in [-0.2, -0.15) is 104 Å². The van der Waals surface area contributed by atoms with Crippen LogP contribution in [0.25, 0.3) is 22.3 Å². The first-order chi connectivity index (χ1) is 26.5. The molecule has 0 bridgehead atoms.